The fourth-order valence-corrected chi connectivity index (χ4v) is 4.79. The van der Waals surface area contributed by atoms with Gasteiger partial charge in [0.05, 0.1) is 5.60 Å². The molecule has 3 rings (SSSR count). The summed E-state index contributed by atoms with van der Waals surface area (Å²) in [5.41, 5.74) is 0.433. The number of rotatable bonds is 4. The molecule has 3 nitrogen and oxygen atoms in total. The minimum Gasteiger partial charge on any atom is -0.433 e. The zero-order valence-corrected chi connectivity index (χ0v) is 12.0. The van der Waals surface area contributed by atoms with Crippen LogP contribution in [0.2, 0.25) is 0 Å². The van der Waals surface area contributed by atoms with Crippen molar-refractivity contribution in [3.63, 3.8) is 0 Å². The molecule has 2 bridgehead atoms. The van der Waals surface area contributed by atoms with E-state index < -0.39 is 6.29 Å². The average Bonchev–Trinajstić information content (AvgIpc) is 2.98. The highest BCUT2D eigenvalue weighted by molar-refractivity contribution is 5.86. The van der Waals surface area contributed by atoms with Crippen molar-refractivity contribution in [1.82, 2.24) is 0 Å². The highest BCUT2D eigenvalue weighted by Crippen LogP contribution is 2.62. The highest BCUT2D eigenvalue weighted by atomic mass is 16.7. The lowest BCUT2D eigenvalue weighted by atomic mass is 9.79. The first-order chi connectivity index (χ1) is 9.02. The molecule has 0 aliphatic heterocycles. The van der Waals surface area contributed by atoms with Crippen LogP contribution in [0.25, 0.3) is 0 Å². The minimum absolute atomic E-state index is 0.000600. The normalized spacial score (nSPS) is 41.1. The quantitative estimate of drug-likeness (QED) is 0.443. The van der Waals surface area contributed by atoms with Crippen LogP contribution in [0.5, 0.6) is 0 Å². The summed E-state index contributed by atoms with van der Waals surface area (Å²) in [6.07, 6.45) is 7.18. The van der Waals surface area contributed by atoms with Crippen molar-refractivity contribution in [2.45, 2.75) is 64.3 Å². The third kappa shape index (κ3) is 2.12. The molecule has 0 aromatic rings. The number of carbonyl (C=O) groups is 1. The Balaban J connectivity index is 1.65. The molecule has 0 aromatic heterocycles. The Bertz CT molecular complexity index is 403. The van der Waals surface area contributed by atoms with Crippen molar-refractivity contribution < 1.29 is 14.3 Å². The van der Waals surface area contributed by atoms with Crippen LogP contribution in [0, 0.1) is 17.8 Å². The molecule has 0 amide bonds. The number of esters is 1. The lowest BCUT2D eigenvalue weighted by Gasteiger charge is -2.37. The second-order valence-corrected chi connectivity index (χ2v) is 6.64. The summed E-state index contributed by atoms with van der Waals surface area (Å²) in [6, 6.07) is 0. The van der Waals surface area contributed by atoms with Gasteiger partial charge < -0.3 is 9.47 Å². The maximum atomic E-state index is 11.6. The molecular formula is C16H24O3. The van der Waals surface area contributed by atoms with E-state index in [0.29, 0.717) is 11.5 Å². The number of carbonyl (C=O) groups excluding carboxylic acids is 1. The van der Waals surface area contributed by atoms with Gasteiger partial charge in [0, 0.05) is 5.57 Å². The largest absolute Gasteiger partial charge is 0.433 e. The Labute approximate surface area is 115 Å². The molecule has 3 saturated carbocycles. The molecule has 3 fully saturated rings. The first-order valence-corrected chi connectivity index (χ1v) is 7.56. The molecule has 0 N–H and O–H groups in total. The van der Waals surface area contributed by atoms with Crippen LogP contribution in [0.4, 0.5) is 0 Å². The Kier molecular flexibility index (Phi) is 3.20. The smallest absolute Gasteiger partial charge is 0.335 e. The van der Waals surface area contributed by atoms with E-state index in [9.17, 15) is 4.79 Å². The van der Waals surface area contributed by atoms with Crippen LogP contribution in [0.3, 0.4) is 0 Å². The maximum Gasteiger partial charge on any atom is 0.335 e. The lowest BCUT2D eigenvalue weighted by Crippen LogP contribution is -2.41. The fourth-order valence-electron chi connectivity index (χ4n) is 4.79. The Morgan fingerprint density at radius 2 is 2.16 bits per heavy atom. The average molecular weight is 264 g/mol. The van der Waals surface area contributed by atoms with E-state index in [2.05, 4.69) is 6.58 Å². The van der Waals surface area contributed by atoms with Crippen molar-refractivity contribution in [3.05, 3.63) is 12.2 Å². The van der Waals surface area contributed by atoms with E-state index in [1.165, 1.54) is 32.1 Å². The SMILES string of the molecule is C=C(C)C(=O)OC(C)OC12CCC(C1)C1CCCC12. The molecule has 3 aliphatic rings. The van der Waals surface area contributed by atoms with E-state index in [-0.39, 0.29) is 11.6 Å². The van der Waals surface area contributed by atoms with Gasteiger partial charge in [0.25, 0.3) is 0 Å². The number of fused-ring (bicyclic) bond motifs is 5. The van der Waals surface area contributed by atoms with E-state index in [4.69, 9.17) is 9.47 Å². The number of hydrogen-bond acceptors (Lipinski definition) is 3. The minimum atomic E-state index is -0.456. The summed E-state index contributed by atoms with van der Waals surface area (Å²) in [4.78, 5) is 11.6. The first kappa shape index (κ1) is 13.2. The van der Waals surface area contributed by atoms with Gasteiger partial charge in [-0.25, -0.2) is 4.79 Å². The van der Waals surface area contributed by atoms with Crippen LogP contribution in [-0.2, 0) is 14.3 Å². The third-order valence-electron chi connectivity index (χ3n) is 5.42. The third-order valence-corrected chi connectivity index (χ3v) is 5.42. The van der Waals surface area contributed by atoms with Gasteiger partial charge in [-0.05, 0) is 63.7 Å². The van der Waals surface area contributed by atoms with E-state index in [0.717, 1.165) is 18.3 Å². The first-order valence-electron chi connectivity index (χ1n) is 7.56. The number of hydrogen-bond donors (Lipinski definition) is 0. The Morgan fingerprint density at radius 3 is 2.89 bits per heavy atom. The Hall–Kier alpha value is -0.830. The van der Waals surface area contributed by atoms with Gasteiger partial charge in [0.15, 0.2) is 0 Å². The second-order valence-electron chi connectivity index (χ2n) is 6.64. The van der Waals surface area contributed by atoms with Crippen molar-refractivity contribution in [2.75, 3.05) is 0 Å². The van der Waals surface area contributed by atoms with Crippen LogP contribution in [0.1, 0.15) is 52.4 Å². The van der Waals surface area contributed by atoms with Crippen LogP contribution in [0.15, 0.2) is 12.2 Å². The van der Waals surface area contributed by atoms with Crippen LogP contribution < -0.4 is 0 Å². The second kappa shape index (κ2) is 4.62. The van der Waals surface area contributed by atoms with E-state index >= 15 is 0 Å². The zero-order valence-electron chi connectivity index (χ0n) is 12.0. The van der Waals surface area contributed by atoms with Crippen molar-refractivity contribution >= 4 is 5.97 Å². The maximum absolute atomic E-state index is 11.6. The van der Waals surface area contributed by atoms with E-state index in [1.54, 1.807) is 6.92 Å². The molecule has 3 heteroatoms. The van der Waals surface area contributed by atoms with Gasteiger partial charge in [-0.1, -0.05) is 13.0 Å². The monoisotopic (exact) mass is 264 g/mol. The molecule has 5 unspecified atom stereocenters. The molecular weight excluding hydrogens is 240 g/mol. The molecule has 0 spiro atoms. The van der Waals surface area contributed by atoms with Crippen molar-refractivity contribution in [3.8, 4) is 0 Å². The van der Waals surface area contributed by atoms with Gasteiger partial charge in [-0.2, -0.15) is 0 Å². The van der Waals surface area contributed by atoms with Gasteiger partial charge in [-0.3, -0.25) is 0 Å². The predicted octanol–water partition coefficient (Wildman–Crippen LogP) is 3.44. The summed E-state index contributed by atoms with van der Waals surface area (Å²) < 4.78 is 11.5. The molecule has 106 valence electrons. The molecule has 5 atom stereocenters. The summed E-state index contributed by atoms with van der Waals surface area (Å²) in [7, 11) is 0. The summed E-state index contributed by atoms with van der Waals surface area (Å²) in [5, 5.41) is 0. The van der Waals surface area contributed by atoms with Gasteiger partial charge >= 0.3 is 5.97 Å². The molecule has 0 aromatic carbocycles. The van der Waals surface area contributed by atoms with Gasteiger partial charge in [0.1, 0.15) is 0 Å². The Morgan fingerprint density at radius 1 is 1.37 bits per heavy atom. The van der Waals surface area contributed by atoms with Crippen LogP contribution in [-0.4, -0.2) is 17.9 Å². The topological polar surface area (TPSA) is 35.5 Å². The number of ether oxygens (including phenoxy) is 2. The summed E-state index contributed by atoms with van der Waals surface area (Å²) in [6.45, 7) is 7.12. The van der Waals surface area contributed by atoms with Crippen molar-refractivity contribution in [1.29, 1.82) is 0 Å². The van der Waals surface area contributed by atoms with E-state index in [1.807, 2.05) is 6.92 Å². The van der Waals surface area contributed by atoms with Gasteiger partial charge in [0.2, 0.25) is 6.29 Å². The molecule has 0 heterocycles. The molecule has 19 heavy (non-hydrogen) atoms. The van der Waals surface area contributed by atoms with Gasteiger partial charge in [-0.15, -0.1) is 0 Å². The summed E-state index contributed by atoms with van der Waals surface area (Å²) in [5.74, 6) is 2.09. The molecule has 0 saturated heterocycles. The van der Waals surface area contributed by atoms with Crippen molar-refractivity contribution in [2.24, 2.45) is 17.8 Å². The standard InChI is InChI=1S/C16H24O3/c1-10(2)15(17)18-11(3)19-16-8-7-12(9-16)13-5-4-6-14(13)16/h11-14H,1,4-9H2,2-3H3. The van der Waals surface area contributed by atoms with Crippen LogP contribution >= 0.6 is 0 Å². The predicted molar refractivity (Wildman–Crippen MR) is 72.4 cm³/mol. The highest BCUT2D eigenvalue weighted by Gasteiger charge is 2.60. The fraction of sp³-hybridized carbons (Fsp3) is 0.812. The summed E-state index contributed by atoms with van der Waals surface area (Å²) >= 11 is 0. The molecule has 3 aliphatic carbocycles. The zero-order chi connectivity index (χ0) is 13.6. The molecule has 0 radical (unpaired) electrons. The lowest BCUT2D eigenvalue weighted by molar-refractivity contribution is -0.213.